The maximum absolute atomic E-state index is 13.6. The number of aliphatic imine (C=N–C) groups is 1. The summed E-state index contributed by atoms with van der Waals surface area (Å²) in [6, 6.07) is 16.1. The van der Waals surface area contributed by atoms with Crippen LogP contribution in [0.2, 0.25) is 0 Å². The maximum atomic E-state index is 13.6. The van der Waals surface area contributed by atoms with Gasteiger partial charge in [0.05, 0.1) is 18.9 Å². The number of carbonyl (C=O) groups is 2. The Morgan fingerprint density at radius 2 is 1.79 bits per heavy atom. The second-order valence-electron chi connectivity index (χ2n) is 8.61. The van der Waals surface area contributed by atoms with Crippen LogP contribution in [-0.4, -0.2) is 40.1 Å². The van der Waals surface area contributed by atoms with Crippen LogP contribution in [0.15, 0.2) is 76.8 Å². The molecule has 0 bridgehead atoms. The molecule has 5 rings (SSSR count). The molecule has 0 fully saturated rings. The number of methoxy groups -OCH3 is 1. The Hall–Kier alpha value is -4.12. The fourth-order valence-corrected chi connectivity index (χ4v) is 5.21. The number of carbonyl (C=O) groups excluding carboxylic acids is 2. The molecule has 0 aliphatic carbocycles. The van der Waals surface area contributed by atoms with E-state index in [-0.39, 0.29) is 24.0 Å². The topological polar surface area (TPSA) is 83.4 Å². The van der Waals surface area contributed by atoms with Crippen molar-refractivity contribution in [2.45, 2.75) is 24.1 Å². The molecule has 38 heavy (non-hydrogen) atoms. The summed E-state index contributed by atoms with van der Waals surface area (Å²) in [6.45, 7) is 0. The number of nitrogens with one attached hydrogen (secondary N) is 1. The monoisotopic (exact) mass is 538 g/mol. The molecule has 3 aromatic rings. The third kappa shape index (κ3) is 5.42. The van der Waals surface area contributed by atoms with Crippen molar-refractivity contribution in [1.29, 1.82) is 0 Å². The summed E-state index contributed by atoms with van der Waals surface area (Å²) >= 11 is 1.10. The SMILES string of the molecule is COc1ccc(C2=NN(C3=NC(=O)C(CC(=O)Nc4ccc(F)c(F)c4)S3)C(c3ccc(F)cc3)C2)cc1. The minimum atomic E-state index is -1.09. The molecule has 0 spiro atoms. The van der Waals surface area contributed by atoms with E-state index >= 15 is 0 Å². The van der Waals surface area contributed by atoms with Gasteiger partial charge in [-0.25, -0.2) is 18.2 Å². The number of amides is 2. The largest absolute Gasteiger partial charge is 0.497 e. The summed E-state index contributed by atoms with van der Waals surface area (Å²) in [5.74, 6) is -2.84. The molecule has 2 atom stereocenters. The van der Waals surface area contributed by atoms with Crippen LogP contribution in [0.1, 0.15) is 30.0 Å². The summed E-state index contributed by atoms with van der Waals surface area (Å²) in [4.78, 5) is 29.4. The first-order chi connectivity index (χ1) is 18.3. The highest BCUT2D eigenvalue weighted by atomic mass is 32.2. The van der Waals surface area contributed by atoms with Gasteiger partial charge in [-0.3, -0.25) is 9.59 Å². The second kappa shape index (κ2) is 10.7. The number of benzene rings is 3. The highest BCUT2D eigenvalue weighted by Gasteiger charge is 2.39. The molecule has 0 saturated heterocycles. The molecule has 11 heteroatoms. The van der Waals surface area contributed by atoms with Crippen molar-refractivity contribution >= 4 is 40.1 Å². The molecule has 7 nitrogen and oxygen atoms in total. The van der Waals surface area contributed by atoms with Crippen molar-refractivity contribution in [2.75, 3.05) is 12.4 Å². The van der Waals surface area contributed by atoms with Crippen LogP contribution in [0.25, 0.3) is 0 Å². The van der Waals surface area contributed by atoms with Gasteiger partial charge in [-0.1, -0.05) is 23.9 Å². The first kappa shape index (κ1) is 25.5. The number of rotatable bonds is 6. The zero-order chi connectivity index (χ0) is 26.8. The normalized spacial score (nSPS) is 18.8. The lowest BCUT2D eigenvalue weighted by Gasteiger charge is -2.23. The van der Waals surface area contributed by atoms with Crippen LogP contribution in [0.3, 0.4) is 0 Å². The Bertz CT molecular complexity index is 1440. The lowest BCUT2D eigenvalue weighted by molar-refractivity contribution is -0.121. The summed E-state index contributed by atoms with van der Waals surface area (Å²) in [5.41, 5.74) is 2.47. The van der Waals surface area contributed by atoms with Crippen LogP contribution >= 0.6 is 11.8 Å². The van der Waals surface area contributed by atoms with Gasteiger partial charge in [-0.2, -0.15) is 10.1 Å². The number of hydrogen-bond donors (Lipinski definition) is 1. The van der Waals surface area contributed by atoms with Gasteiger partial charge in [0.25, 0.3) is 5.91 Å². The van der Waals surface area contributed by atoms with E-state index in [1.54, 1.807) is 24.3 Å². The highest BCUT2D eigenvalue weighted by molar-refractivity contribution is 8.15. The summed E-state index contributed by atoms with van der Waals surface area (Å²) in [6.07, 6.45) is 0.257. The maximum Gasteiger partial charge on any atom is 0.262 e. The highest BCUT2D eigenvalue weighted by Crippen LogP contribution is 2.38. The third-order valence-electron chi connectivity index (χ3n) is 6.09. The van der Waals surface area contributed by atoms with Crippen molar-refractivity contribution in [3.8, 4) is 5.75 Å². The van der Waals surface area contributed by atoms with Gasteiger partial charge in [-0.15, -0.1) is 0 Å². The molecular formula is C27H21F3N4O3S. The van der Waals surface area contributed by atoms with Crippen molar-refractivity contribution < 1.29 is 27.5 Å². The van der Waals surface area contributed by atoms with Crippen molar-refractivity contribution in [2.24, 2.45) is 10.1 Å². The van der Waals surface area contributed by atoms with Gasteiger partial charge in [0.1, 0.15) is 16.8 Å². The van der Waals surface area contributed by atoms with Gasteiger partial charge in [0.2, 0.25) is 5.91 Å². The molecule has 0 saturated carbocycles. The Morgan fingerprint density at radius 3 is 2.47 bits per heavy atom. The number of anilines is 1. The Labute approximate surface area is 220 Å². The van der Waals surface area contributed by atoms with E-state index in [1.165, 1.54) is 18.2 Å². The van der Waals surface area contributed by atoms with Crippen LogP contribution in [0.4, 0.5) is 18.9 Å². The average Bonchev–Trinajstić information content (AvgIpc) is 3.51. The van der Waals surface area contributed by atoms with Gasteiger partial charge in [0, 0.05) is 24.6 Å². The minimum absolute atomic E-state index is 0.0788. The van der Waals surface area contributed by atoms with Crippen LogP contribution in [-0.2, 0) is 9.59 Å². The molecule has 0 radical (unpaired) electrons. The van der Waals surface area contributed by atoms with Crippen molar-refractivity contribution in [3.63, 3.8) is 0 Å². The van der Waals surface area contributed by atoms with E-state index in [0.29, 0.717) is 17.3 Å². The minimum Gasteiger partial charge on any atom is -0.497 e. The quantitative estimate of drug-likeness (QED) is 0.461. The predicted molar refractivity (Wildman–Crippen MR) is 139 cm³/mol. The van der Waals surface area contributed by atoms with E-state index in [2.05, 4.69) is 10.3 Å². The fourth-order valence-electron chi connectivity index (χ4n) is 4.15. The van der Waals surface area contributed by atoms with E-state index in [4.69, 9.17) is 9.84 Å². The zero-order valence-electron chi connectivity index (χ0n) is 20.0. The lowest BCUT2D eigenvalue weighted by Crippen LogP contribution is -2.25. The second-order valence-corrected chi connectivity index (χ2v) is 9.78. The molecule has 2 aliphatic rings. The van der Waals surface area contributed by atoms with Crippen LogP contribution in [0, 0.1) is 17.5 Å². The van der Waals surface area contributed by atoms with Gasteiger partial charge in [0.15, 0.2) is 16.8 Å². The number of amidine groups is 1. The standard InChI is InChI=1S/C27H21F3N4O3S/c1-37-19-9-4-15(5-10-19)22-13-23(16-2-6-17(28)7-3-16)34(33-22)27-32-26(36)24(38-27)14-25(35)31-18-8-11-20(29)21(30)12-18/h2-12,23-24H,13-14H2,1H3,(H,31,35). The zero-order valence-corrected chi connectivity index (χ0v) is 20.8. The molecule has 2 aliphatic heterocycles. The number of halogens is 3. The van der Waals surface area contributed by atoms with E-state index in [9.17, 15) is 22.8 Å². The lowest BCUT2D eigenvalue weighted by atomic mass is 9.98. The van der Waals surface area contributed by atoms with E-state index in [0.717, 1.165) is 40.7 Å². The third-order valence-corrected chi connectivity index (χ3v) is 7.23. The number of ether oxygens (including phenoxy) is 1. The number of nitrogens with zero attached hydrogens (tertiary/aromatic N) is 3. The van der Waals surface area contributed by atoms with E-state index < -0.39 is 28.7 Å². The number of hydrazone groups is 1. The molecule has 0 aromatic heterocycles. The number of thioether (sulfide) groups is 1. The van der Waals surface area contributed by atoms with Gasteiger partial charge >= 0.3 is 0 Å². The fraction of sp³-hybridized carbons (Fsp3) is 0.185. The molecule has 2 amide bonds. The van der Waals surface area contributed by atoms with E-state index in [1.807, 2.05) is 24.3 Å². The van der Waals surface area contributed by atoms with Crippen molar-refractivity contribution in [1.82, 2.24) is 5.01 Å². The summed E-state index contributed by atoms with van der Waals surface area (Å²) in [5, 5.41) is 8.34. The molecule has 1 N–H and O–H groups in total. The van der Waals surface area contributed by atoms with Crippen LogP contribution < -0.4 is 10.1 Å². The van der Waals surface area contributed by atoms with Gasteiger partial charge < -0.3 is 10.1 Å². The summed E-state index contributed by atoms with van der Waals surface area (Å²) < 4.78 is 45.5. The number of hydrogen-bond acceptors (Lipinski definition) is 6. The Morgan fingerprint density at radius 1 is 1.05 bits per heavy atom. The molecule has 2 unspecified atom stereocenters. The first-order valence-electron chi connectivity index (χ1n) is 11.6. The van der Waals surface area contributed by atoms with Crippen LogP contribution in [0.5, 0.6) is 5.75 Å². The molecule has 2 heterocycles. The predicted octanol–water partition coefficient (Wildman–Crippen LogP) is 5.29. The Balaban J connectivity index is 1.34. The molecule has 194 valence electrons. The summed E-state index contributed by atoms with van der Waals surface area (Å²) in [7, 11) is 1.58. The smallest absolute Gasteiger partial charge is 0.262 e. The molecular weight excluding hydrogens is 517 g/mol. The van der Waals surface area contributed by atoms with Crippen molar-refractivity contribution in [3.05, 3.63) is 95.3 Å². The van der Waals surface area contributed by atoms with Gasteiger partial charge in [-0.05, 0) is 59.7 Å². The Kier molecular flexibility index (Phi) is 7.19. The first-order valence-corrected chi connectivity index (χ1v) is 12.5. The average molecular weight is 539 g/mol. The molecule has 3 aromatic carbocycles.